The molecule has 0 radical (unpaired) electrons. The maximum atomic E-state index is 12.2. The fourth-order valence-corrected chi connectivity index (χ4v) is 3.66. The zero-order chi connectivity index (χ0) is 14.4. The van der Waals surface area contributed by atoms with Crippen LogP contribution in [0.15, 0.2) is 18.2 Å². The molecule has 1 amide bonds. The molecule has 0 bridgehead atoms. The second-order valence-corrected chi connectivity index (χ2v) is 7.03. The van der Waals surface area contributed by atoms with Crippen molar-refractivity contribution in [2.75, 3.05) is 18.5 Å². The van der Waals surface area contributed by atoms with Gasteiger partial charge in [0.1, 0.15) is 10.6 Å². The topological polar surface area (TPSA) is 50.4 Å². The highest BCUT2D eigenvalue weighted by atomic mass is 32.1. The van der Waals surface area contributed by atoms with Crippen molar-refractivity contribution in [1.29, 1.82) is 0 Å². The Kier molecular flexibility index (Phi) is 3.03. The molecule has 4 nitrogen and oxygen atoms in total. The molecule has 5 heteroatoms. The standard InChI is InChI=1S/C16H18N2O2S/c1-9-7-17-14-12-6-11(20-8-10-2-3-10)4-5-13(12)21-15(14)16(19)18-9/h4-6,9-10,17H,2-3,7-8H2,1H3,(H,18,19)/t9-/m1/s1. The maximum Gasteiger partial charge on any atom is 0.263 e. The van der Waals surface area contributed by atoms with Crippen LogP contribution in [0.3, 0.4) is 0 Å². The smallest absolute Gasteiger partial charge is 0.263 e. The van der Waals surface area contributed by atoms with E-state index in [0.29, 0.717) is 0 Å². The van der Waals surface area contributed by atoms with Crippen LogP contribution in [-0.4, -0.2) is 25.1 Å². The Hall–Kier alpha value is -1.75. The molecule has 2 aromatic rings. The van der Waals surface area contributed by atoms with E-state index in [4.69, 9.17) is 4.74 Å². The van der Waals surface area contributed by atoms with Gasteiger partial charge in [0.15, 0.2) is 0 Å². The molecule has 0 spiro atoms. The Balaban J connectivity index is 1.70. The molecule has 1 aromatic carbocycles. The van der Waals surface area contributed by atoms with E-state index >= 15 is 0 Å². The van der Waals surface area contributed by atoms with E-state index in [0.717, 1.165) is 45.5 Å². The van der Waals surface area contributed by atoms with Gasteiger partial charge >= 0.3 is 0 Å². The molecule has 1 saturated carbocycles. The summed E-state index contributed by atoms with van der Waals surface area (Å²) in [6.45, 7) is 3.56. The Labute approximate surface area is 127 Å². The summed E-state index contributed by atoms with van der Waals surface area (Å²) >= 11 is 1.54. The van der Waals surface area contributed by atoms with Gasteiger partial charge in [0.2, 0.25) is 0 Å². The lowest BCUT2D eigenvalue weighted by Crippen LogP contribution is -2.34. The fraction of sp³-hybridized carbons (Fsp3) is 0.438. The predicted octanol–water partition coefficient (Wildman–Crippen LogP) is 3.23. The Morgan fingerprint density at radius 3 is 3.05 bits per heavy atom. The van der Waals surface area contributed by atoms with Gasteiger partial charge in [-0.15, -0.1) is 11.3 Å². The molecule has 0 unspecified atom stereocenters. The van der Waals surface area contributed by atoms with Crippen LogP contribution in [0.4, 0.5) is 5.69 Å². The van der Waals surface area contributed by atoms with E-state index in [2.05, 4.69) is 22.8 Å². The Morgan fingerprint density at radius 2 is 2.24 bits per heavy atom. The fourth-order valence-electron chi connectivity index (χ4n) is 2.60. The molecule has 1 fully saturated rings. The molecule has 2 heterocycles. The number of ether oxygens (including phenoxy) is 1. The van der Waals surface area contributed by atoms with E-state index in [1.807, 2.05) is 13.0 Å². The van der Waals surface area contributed by atoms with Crippen LogP contribution in [0, 0.1) is 5.92 Å². The summed E-state index contributed by atoms with van der Waals surface area (Å²) in [5, 5.41) is 7.49. The van der Waals surface area contributed by atoms with Gasteiger partial charge < -0.3 is 15.4 Å². The van der Waals surface area contributed by atoms with Crippen LogP contribution in [0.2, 0.25) is 0 Å². The second-order valence-electron chi connectivity index (χ2n) is 5.97. The van der Waals surface area contributed by atoms with Crippen molar-refractivity contribution >= 4 is 33.0 Å². The molecule has 1 aliphatic carbocycles. The Bertz CT molecular complexity index is 706. The van der Waals surface area contributed by atoms with Gasteiger partial charge in [0.05, 0.1) is 12.3 Å². The van der Waals surface area contributed by atoms with Crippen molar-refractivity contribution < 1.29 is 9.53 Å². The largest absolute Gasteiger partial charge is 0.493 e. The minimum atomic E-state index is 0.0177. The highest BCUT2D eigenvalue weighted by Gasteiger charge is 2.24. The molecule has 0 saturated heterocycles. The van der Waals surface area contributed by atoms with E-state index < -0.39 is 0 Å². The van der Waals surface area contributed by atoms with Gasteiger partial charge in [-0.2, -0.15) is 0 Å². The molecule has 2 aliphatic rings. The summed E-state index contributed by atoms with van der Waals surface area (Å²) in [4.78, 5) is 13.0. The van der Waals surface area contributed by atoms with E-state index in [-0.39, 0.29) is 11.9 Å². The number of amides is 1. The lowest BCUT2D eigenvalue weighted by molar-refractivity contribution is 0.0949. The number of fused-ring (bicyclic) bond motifs is 3. The van der Waals surface area contributed by atoms with Crippen LogP contribution < -0.4 is 15.4 Å². The normalized spacial score (nSPS) is 21.4. The van der Waals surface area contributed by atoms with Crippen molar-refractivity contribution in [1.82, 2.24) is 5.32 Å². The average molecular weight is 302 g/mol. The quantitative estimate of drug-likeness (QED) is 0.915. The van der Waals surface area contributed by atoms with Gasteiger partial charge in [-0.05, 0) is 43.9 Å². The predicted molar refractivity (Wildman–Crippen MR) is 85.5 cm³/mol. The van der Waals surface area contributed by atoms with Gasteiger partial charge in [-0.1, -0.05) is 0 Å². The second kappa shape index (κ2) is 4.91. The summed E-state index contributed by atoms with van der Waals surface area (Å²) < 4.78 is 6.98. The van der Waals surface area contributed by atoms with Gasteiger partial charge in [0.25, 0.3) is 5.91 Å². The summed E-state index contributed by atoms with van der Waals surface area (Å²) in [5.74, 6) is 1.66. The number of nitrogens with one attached hydrogen (secondary N) is 2. The molecular weight excluding hydrogens is 284 g/mol. The lowest BCUT2D eigenvalue weighted by Gasteiger charge is -2.10. The molecule has 21 heavy (non-hydrogen) atoms. The number of anilines is 1. The zero-order valence-electron chi connectivity index (χ0n) is 11.9. The summed E-state index contributed by atoms with van der Waals surface area (Å²) in [6.07, 6.45) is 2.57. The van der Waals surface area contributed by atoms with Crippen LogP contribution in [-0.2, 0) is 0 Å². The van der Waals surface area contributed by atoms with E-state index in [1.165, 1.54) is 24.2 Å². The zero-order valence-corrected chi connectivity index (χ0v) is 12.8. The third kappa shape index (κ3) is 2.46. The number of thiophene rings is 1. The summed E-state index contributed by atoms with van der Waals surface area (Å²) in [6, 6.07) is 6.25. The first-order valence-electron chi connectivity index (χ1n) is 7.45. The third-order valence-corrected chi connectivity index (χ3v) is 5.18. The van der Waals surface area contributed by atoms with Crippen LogP contribution >= 0.6 is 11.3 Å². The van der Waals surface area contributed by atoms with Crippen molar-refractivity contribution in [3.63, 3.8) is 0 Å². The first-order valence-corrected chi connectivity index (χ1v) is 8.26. The highest BCUT2D eigenvalue weighted by molar-refractivity contribution is 7.21. The number of carbonyl (C=O) groups excluding carboxylic acids is 1. The van der Waals surface area contributed by atoms with Crippen LogP contribution in [0.1, 0.15) is 29.4 Å². The van der Waals surface area contributed by atoms with Gasteiger partial charge in [-0.3, -0.25) is 4.79 Å². The molecule has 1 aromatic heterocycles. The monoisotopic (exact) mass is 302 g/mol. The molecule has 1 atom stereocenters. The molecule has 110 valence electrons. The summed E-state index contributed by atoms with van der Waals surface area (Å²) in [5.41, 5.74) is 0.953. The number of hydrogen-bond donors (Lipinski definition) is 2. The molecule has 1 aliphatic heterocycles. The van der Waals surface area contributed by atoms with Crippen LogP contribution in [0.25, 0.3) is 10.1 Å². The van der Waals surface area contributed by atoms with Crippen molar-refractivity contribution in [3.05, 3.63) is 23.1 Å². The average Bonchev–Trinajstić information content (AvgIpc) is 3.24. The maximum absolute atomic E-state index is 12.2. The van der Waals surface area contributed by atoms with E-state index in [1.54, 1.807) is 0 Å². The molecule has 2 N–H and O–H groups in total. The van der Waals surface area contributed by atoms with Gasteiger partial charge in [-0.25, -0.2) is 0 Å². The minimum Gasteiger partial charge on any atom is -0.493 e. The summed E-state index contributed by atoms with van der Waals surface area (Å²) in [7, 11) is 0. The van der Waals surface area contributed by atoms with Crippen LogP contribution in [0.5, 0.6) is 5.75 Å². The molecule has 4 rings (SSSR count). The Morgan fingerprint density at radius 1 is 1.38 bits per heavy atom. The van der Waals surface area contributed by atoms with Crippen molar-refractivity contribution in [2.24, 2.45) is 5.92 Å². The van der Waals surface area contributed by atoms with Gasteiger partial charge in [0, 0.05) is 22.7 Å². The van der Waals surface area contributed by atoms with Crippen molar-refractivity contribution in [2.45, 2.75) is 25.8 Å². The van der Waals surface area contributed by atoms with Crippen molar-refractivity contribution in [3.8, 4) is 5.75 Å². The SMILES string of the molecule is C[C@@H]1CNc2c(sc3ccc(OCC4CC4)cc23)C(=O)N1. The number of benzene rings is 1. The highest BCUT2D eigenvalue weighted by Crippen LogP contribution is 2.39. The third-order valence-electron chi connectivity index (χ3n) is 4.01. The minimum absolute atomic E-state index is 0.0177. The first-order chi connectivity index (χ1) is 10.2. The molecular formula is C16H18N2O2S. The van der Waals surface area contributed by atoms with E-state index in [9.17, 15) is 4.79 Å². The lowest BCUT2D eigenvalue weighted by atomic mass is 10.2. The first kappa shape index (κ1) is 13.0. The number of rotatable bonds is 3. The number of carbonyl (C=O) groups is 1. The number of hydrogen-bond acceptors (Lipinski definition) is 4.